The van der Waals surface area contributed by atoms with Crippen molar-refractivity contribution in [2.24, 2.45) is 0 Å². The van der Waals surface area contributed by atoms with Crippen LogP contribution >= 0.6 is 0 Å². The first kappa shape index (κ1) is 14.6. The van der Waals surface area contributed by atoms with E-state index >= 15 is 0 Å². The Hall–Kier alpha value is -3.03. The zero-order chi connectivity index (χ0) is 16.9. The van der Waals surface area contributed by atoms with Crippen molar-refractivity contribution in [2.75, 3.05) is 0 Å². The topological polar surface area (TPSA) is 66.5 Å². The van der Waals surface area contributed by atoms with Gasteiger partial charge in [-0.1, -0.05) is 18.2 Å². The van der Waals surface area contributed by atoms with E-state index in [1.54, 1.807) is 12.3 Å². The Morgan fingerprint density at radius 1 is 1.17 bits per heavy atom. The lowest BCUT2D eigenvalue weighted by Crippen LogP contribution is -2.20. The highest BCUT2D eigenvalue weighted by Gasteiger charge is 2.33. The van der Waals surface area contributed by atoms with Crippen molar-refractivity contribution in [2.45, 2.75) is 12.7 Å². The zero-order valence-electron chi connectivity index (χ0n) is 12.2. The van der Waals surface area contributed by atoms with Crippen molar-refractivity contribution in [1.29, 1.82) is 0 Å². The van der Waals surface area contributed by atoms with Crippen LogP contribution in [0.3, 0.4) is 0 Å². The summed E-state index contributed by atoms with van der Waals surface area (Å²) in [7, 11) is 0. The number of nitrogens with one attached hydrogen (secondary N) is 2. The molecule has 0 aliphatic carbocycles. The van der Waals surface area contributed by atoms with Gasteiger partial charge in [0.25, 0.3) is 0 Å². The van der Waals surface area contributed by atoms with E-state index < -0.39 is 17.4 Å². The normalized spacial score (nSPS) is 12.3. The number of benzene rings is 1. The molecule has 0 aliphatic heterocycles. The maximum absolute atomic E-state index is 13.2. The molecule has 24 heavy (non-hydrogen) atoms. The number of H-pyrrole nitrogens is 2. The van der Waals surface area contributed by atoms with Gasteiger partial charge in [0, 0.05) is 11.6 Å². The molecule has 0 atom stereocenters. The molecule has 0 spiro atoms. The molecule has 8 heteroatoms. The molecule has 1 aromatic carbocycles. The van der Waals surface area contributed by atoms with Crippen LogP contribution in [-0.4, -0.2) is 19.5 Å². The van der Waals surface area contributed by atoms with E-state index in [-0.39, 0.29) is 12.1 Å². The van der Waals surface area contributed by atoms with Crippen LogP contribution in [0.15, 0.2) is 47.5 Å². The van der Waals surface area contributed by atoms with Crippen LogP contribution in [-0.2, 0) is 12.7 Å². The second-order valence-electron chi connectivity index (χ2n) is 5.43. The first-order valence-corrected chi connectivity index (χ1v) is 7.15. The molecular weight excluding hydrogens is 321 g/mol. The number of aromatic amines is 2. The van der Waals surface area contributed by atoms with Gasteiger partial charge < -0.3 is 9.97 Å². The Bertz CT molecular complexity index is 1100. The summed E-state index contributed by atoms with van der Waals surface area (Å²) in [5.74, 6) is 0. The molecule has 0 saturated carbocycles. The summed E-state index contributed by atoms with van der Waals surface area (Å²) in [4.78, 5) is 22.0. The van der Waals surface area contributed by atoms with Gasteiger partial charge in [0.15, 0.2) is 0 Å². The van der Waals surface area contributed by atoms with Gasteiger partial charge in [0.05, 0.1) is 29.3 Å². The first-order valence-electron chi connectivity index (χ1n) is 7.15. The Balaban J connectivity index is 1.94. The highest BCUT2D eigenvalue weighted by Crippen LogP contribution is 2.32. The third-order valence-corrected chi connectivity index (χ3v) is 3.97. The van der Waals surface area contributed by atoms with Gasteiger partial charge in [-0.15, -0.1) is 0 Å². The molecule has 3 heterocycles. The number of halogens is 3. The molecule has 3 aromatic heterocycles. The highest BCUT2D eigenvalue weighted by molar-refractivity contribution is 6.00. The van der Waals surface area contributed by atoms with Crippen LogP contribution in [0.25, 0.3) is 22.1 Å². The van der Waals surface area contributed by atoms with Crippen LogP contribution in [0.2, 0.25) is 0 Å². The lowest BCUT2D eigenvalue weighted by atomic mass is 10.1. The van der Waals surface area contributed by atoms with Crippen LogP contribution in [0, 0.1) is 0 Å². The molecule has 0 radical (unpaired) electrons. The van der Waals surface area contributed by atoms with E-state index in [2.05, 4.69) is 15.0 Å². The molecule has 0 fully saturated rings. The quantitative estimate of drug-likeness (QED) is 0.592. The van der Waals surface area contributed by atoms with Crippen molar-refractivity contribution in [3.8, 4) is 0 Å². The molecule has 0 saturated heterocycles. The number of hydrogen-bond acceptors (Lipinski definition) is 2. The molecular formula is C16H11F3N4O. The Morgan fingerprint density at radius 3 is 2.75 bits per heavy atom. The standard InChI is InChI=1S/C16H11F3N4O/c17-16(18,19)11-4-2-1-3-9(11)8-23-13-10-5-6-20-14(10)21-7-12(13)22-15(23)24/h1-7H,8H2,(H,20,21)(H,22,24). The van der Waals surface area contributed by atoms with Crippen LogP contribution in [0.4, 0.5) is 13.2 Å². The summed E-state index contributed by atoms with van der Waals surface area (Å²) in [6, 6.07) is 6.99. The molecule has 122 valence electrons. The van der Waals surface area contributed by atoms with Crippen molar-refractivity contribution in [3.63, 3.8) is 0 Å². The van der Waals surface area contributed by atoms with Crippen LogP contribution < -0.4 is 5.69 Å². The van der Waals surface area contributed by atoms with E-state index in [1.165, 1.54) is 29.0 Å². The number of nitrogens with zero attached hydrogens (tertiary/aromatic N) is 2. The molecule has 0 aliphatic rings. The maximum atomic E-state index is 13.2. The van der Waals surface area contributed by atoms with Crippen LogP contribution in [0.1, 0.15) is 11.1 Å². The smallest absolute Gasteiger partial charge is 0.346 e. The minimum Gasteiger partial charge on any atom is -0.346 e. The van der Waals surface area contributed by atoms with E-state index in [0.29, 0.717) is 22.1 Å². The molecule has 4 aromatic rings. The fourth-order valence-electron chi connectivity index (χ4n) is 2.92. The fourth-order valence-corrected chi connectivity index (χ4v) is 2.92. The Labute approximate surface area is 132 Å². The van der Waals surface area contributed by atoms with Gasteiger partial charge in [-0.25, -0.2) is 9.78 Å². The lowest BCUT2D eigenvalue weighted by Gasteiger charge is -2.13. The monoisotopic (exact) mass is 332 g/mol. The number of alkyl halides is 3. The van der Waals surface area contributed by atoms with Gasteiger partial charge in [0.2, 0.25) is 0 Å². The van der Waals surface area contributed by atoms with Gasteiger partial charge in [-0.2, -0.15) is 13.2 Å². The second kappa shape index (κ2) is 4.98. The molecule has 2 N–H and O–H groups in total. The molecule has 0 unspecified atom stereocenters. The third kappa shape index (κ3) is 2.18. The highest BCUT2D eigenvalue weighted by atomic mass is 19.4. The predicted octanol–water partition coefficient (Wildman–Crippen LogP) is 3.27. The fraction of sp³-hybridized carbons (Fsp3) is 0.125. The molecule has 0 amide bonds. The molecule has 5 nitrogen and oxygen atoms in total. The summed E-state index contributed by atoms with van der Waals surface area (Å²) in [6.07, 6.45) is -1.32. The minimum atomic E-state index is -4.47. The van der Waals surface area contributed by atoms with Crippen molar-refractivity contribution in [3.05, 3.63) is 64.3 Å². The number of aromatic nitrogens is 4. The molecule has 4 rings (SSSR count). The van der Waals surface area contributed by atoms with Gasteiger partial charge in [-0.3, -0.25) is 4.57 Å². The first-order chi connectivity index (χ1) is 11.4. The SMILES string of the molecule is O=c1[nH]c2cnc3[nH]ccc3c2n1Cc1ccccc1C(F)(F)F. The van der Waals surface area contributed by atoms with Gasteiger partial charge in [0.1, 0.15) is 5.65 Å². The summed E-state index contributed by atoms with van der Waals surface area (Å²) in [5, 5.41) is 0.676. The van der Waals surface area contributed by atoms with E-state index in [9.17, 15) is 18.0 Å². The number of imidazole rings is 1. The largest absolute Gasteiger partial charge is 0.416 e. The summed E-state index contributed by atoms with van der Waals surface area (Å²) in [5.41, 5.74) is 0.399. The van der Waals surface area contributed by atoms with Gasteiger partial charge in [-0.05, 0) is 17.7 Å². The Morgan fingerprint density at radius 2 is 1.96 bits per heavy atom. The van der Waals surface area contributed by atoms with E-state index in [4.69, 9.17) is 0 Å². The third-order valence-electron chi connectivity index (χ3n) is 3.97. The van der Waals surface area contributed by atoms with E-state index in [1.807, 2.05) is 0 Å². The predicted molar refractivity (Wildman–Crippen MR) is 82.8 cm³/mol. The second-order valence-corrected chi connectivity index (χ2v) is 5.43. The zero-order valence-corrected chi connectivity index (χ0v) is 12.2. The number of hydrogen-bond donors (Lipinski definition) is 2. The lowest BCUT2D eigenvalue weighted by molar-refractivity contribution is -0.138. The Kier molecular flexibility index (Phi) is 3.02. The average molecular weight is 332 g/mol. The number of rotatable bonds is 2. The maximum Gasteiger partial charge on any atom is 0.416 e. The van der Waals surface area contributed by atoms with Crippen molar-refractivity contribution >= 4 is 22.1 Å². The van der Waals surface area contributed by atoms with Crippen molar-refractivity contribution < 1.29 is 13.2 Å². The molecule has 0 bridgehead atoms. The van der Waals surface area contributed by atoms with Crippen molar-refractivity contribution in [1.82, 2.24) is 19.5 Å². The number of fused-ring (bicyclic) bond motifs is 3. The minimum absolute atomic E-state index is 0.0356. The summed E-state index contributed by atoms with van der Waals surface area (Å²) < 4.78 is 40.9. The summed E-state index contributed by atoms with van der Waals surface area (Å²) >= 11 is 0. The van der Waals surface area contributed by atoms with Crippen LogP contribution in [0.5, 0.6) is 0 Å². The van der Waals surface area contributed by atoms with Gasteiger partial charge >= 0.3 is 11.9 Å². The number of pyridine rings is 1. The van der Waals surface area contributed by atoms with E-state index in [0.717, 1.165) is 6.07 Å². The summed E-state index contributed by atoms with van der Waals surface area (Å²) in [6.45, 7) is -0.182. The average Bonchev–Trinajstić information content (AvgIpc) is 3.11.